The number of carbonyl (C=O) groups is 2. The number of hydrogen-bond donors (Lipinski definition) is 1. The fourth-order valence-electron chi connectivity index (χ4n) is 2.78. The maximum absolute atomic E-state index is 12.2. The Morgan fingerprint density at radius 3 is 2.61 bits per heavy atom. The van der Waals surface area contributed by atoms with Crippen LogP contribution in [0.1, 0.15) is 40.2 Å². The van der Waals surface area contributed by atoms with E-state index < -0.39 is 0 Å². The molecule has 0 bridgehead atoms. The lowest BCUT2D eigenvalue weighted by molar-refractivity contribution is -0.137. The van der Waals surface area contributed by atoms with E-state index in [1.54, 1.807) is 0 Å². The highest BCUT2D eigenvalue weighted by atomic mass is 32.1. The molecule has 2 fully saturated rings. The standard InChI is InChI=1S/C17H24N2O3S/c1-12-2-5-15(23-12)17(21)18-14-6-8-19(9-7-14)16(20)11-22-10-13-3-4-13/h2,5,13-14H,3-4,6-11H2,1H3,(H,18,21). The van der Waals surface area contributed by atoms with Crippen LogP contribution >= 0.6 is 11.3 Å². The van der Waals surface area contributed by atoms with E-state index in [2.05, 4.69) is 5.32 Å². The summed E-state index contributed by atoms with van der Waals surface area (Å²) in [5, 5.41) is 3.08. The number of nitrogens with zero attached hydrogens (tertiary/aromatic N) is 1. The zero-order chi connectivity index (χ0) is 16.2. The van der Waals surface area contributed by atoms with Gasteiger partial charge in [-0.15, -0.1) is 11.3 Å². The van der Waals surface area contributed by atoms with Crippen molar-refractivity contribution >= 4 is 23.2 Å². The van der Waals surface area contributed by atoms with Crippen molar-refractivity contribution < 1.29 is 14.3 Å². The molecule has 5 nitrogen and oxygen atoms in total. The minimum Gasteiger partial charge on any atom is -0.371 e. The van der Waals surface area contributed by atoms with Gasteiger partial charge in [-0.1, -0.05) is 0 Å². The summed E-state index contributed by atoms with van der Waals surface area (Å²) in [6.07, 6.45) is 4.10. The molecule has 23 heavy (non-hydrogen) atoms. The van der Waals surface area contributed by atoms with Crippen LogP contribution in [0.4, 0.5) is 0 Å². The molecule has 1 saturated carbocycles. The first-order chi connectivity index (χ1) is 11.1. The van der Waals surface area contributed by atoms with Gasteiger partial charge in [0, 0.05) is 24.0 Å². The monoisotopic (exact) mass is 336 g/mol. The molecule has 1 saturated heterocycles. The molecule has 1 aromatic rings. The van der Waals surface area contributed by atoms with Crippen LogP contribution in [0.2, 0.25) is 0 Å². The summed E-state index contributed by atoms with van der Waals surface area (Å²) in [5.41, 5.74) is 0. The number of likely N-dealkylation sites (tertiary alicyclic amines) is 1. The normalized spacial score (nSPS) is 18.9. The number of thiophene rings is 1. The highest BCUT2D eigenvalue weighted by Crippen LogP contribution is 2.28. The number of amides is 2. The molecule has 1 aromatic heterocycles. The number of nitrogens with one attached hydrogen (secondary N) is 1. The zero-order valence-corrected chi connectivity index (χ0v) is 14.4. The number of aryl methyl sites for hydroxylation is 1. The molecular weight excluding hydrogens is 312 g/mol. The van der Waals surface area contributed by atoms with E-state index in [1.807, 2.05) is 24.0 Å². The van der Waals surface area contributed by atoms with Gasteiger partial charge in [-0.25, -0.2) is 0 Å². The molecule has 0 radical (unpaired) electrons. The fourth-order valence-corrected chi connectivity index (χ4v) is 3.55. The van der Waals surface area contributed by atoms with Crippen LogP contribution in [0.5, 0.6) is 0 Å². The lowest BCUT2D eigenvalue weighted by atomic mass is 10.0. The van der Waals surface area contributed by atoms with Crippen molar-refractivity contribution in [3.63, 3.8) is 0 Å². The quantitative estimate of drug-likeness (QED) is 0.866. The molecule has 0 unspecified atom stereocenters. The van der Waals surface area contributed by atoms with Gasteiger partial charge in [0.15, 0.2) is 0 Å². The van der Waals surface area contributed by atoms with Crippen molar-refractivity contribution in [3.05, 3.63) is 21.9 Å². The summed E-state index contributed by atoms with van der Waals surface area (Å²) in [4.78, 5) is 28.0. The molecule has 0 aromatic carbocycles. The van der Waals surface area contributed by atoms with Crippen molar-refractivity contribution in [2.75, 3.05) is 26.3 Å². The van der Waals surface area contributed by atoms with Crippen LogP contribution in [-0.2, 0) is 9.53 Å². The number of ether oxygens (including phenoxy) is 1. The van der Waals surface area contributed by atoms with Crippen LogP contribution in [0.3, 0.4) is 0 Å². The minimum absolute atomic E-state index is 0.000596. The third-order valence-corrected chi connectivity index (χ3v) is 5.42. The molecule has 1 aliphatic carbocycles. The molecule has 126 valence electrons. The molecule has 0 spiro atoms. The van der Waals surface area contributed by atoms with E-state index in [-0.39, 0.29) is 24.5 Å². The van der Waals surface area contributed by atoms with Gasteiger partial charge >= 0.3 is 0 Å². The molecule has 1 aliphatic heterocycles. The SMILES string of the molecule is Cc1ccc(C(=O)NC2CCN(C(=O)COCC3CC3)CC2)s1. The van der Waals surface area contributed by atoms with Gasteiger partial charge in [-0.05, 0) is 50.7 Å². The highest BCUT2D eigenvalue weighted by molar-refractivity contribution is 7.13. The zero-order valence-electron chi connectivity index (χ0n) is 13.5. The molecule has 3 rings (SSSR count). The van der Waals surface area contributed by atoms with Crippen molar-refractivity contribution in [3.8, 4) is 0 Å². The lowest BCUT2D eigenvalue weighted by Crippen LogP contribution is -2.47. The molecule has 0 atom stereocenters. The predicted octanol–water partition coefficient (Wildman–Crippen LogP) is 2.20. The summed E-state index contributed by atoms with van der Waals surface area (Å²) >= 11 is 1.51. The van der Waals surface area contributed by atoms with E-state index in [0.717, 1.165) is 29.2 Å². The Kier molecular flexibility index (Phi) is 5.33. The maximum atomic E-state index is 12.2. The average Bonchev–Trinajstić information content (AvgIpc) is 3.26. The maximum Gasteiger partial charge on any atom is 0.261 e. The van der Waals surface area contributed by atoms with Crippen LogP contribution < -0.4 is 5.32 Å². The van der Waals surface area contributed by atoms with Gasteiger partial charge in [0.2, 0.25) is 5.91 Å². The number of carbonyl (C=O) groups excluding carboxylic acids is 2. The third kappa shape index (κ3) is 4.78. The van der Waals surface area contributed by atoms with E-state index in [0.29, 0.717) is 19.0 Å². The second-order valence-electron chi connectivity index (χ2n) is 6.50. The molecule has 1 N–H and O–H groups in total. The van der Waals surface area contributed by atoms with E-state index in [1.165, 1.54) is 24.2 Å². The van der Waals surface area contributed by atoms with Gasteiger partial charge in [0.25, 0.3) is 5.91 Å². The Morgan fingerprint density at radius 2 is 2.00 bits per heavy atom. The Bertz CT molecular complexity index is 560. The Hall–Kier alpha value is -1.40. The van der Waals surface area contributed by atoms with Crippen molar-refractivity contribution in [1.82, 2.24) is 10.2 Å². The van der Waals surface area contributed by atoms with Crippen LogP contribution in [0, 0.1) is 12.8 Å². The van der Waals surface area contributed by atoms with Gasteiger partial charge < -0.3 is 15.0 Å². The molecule has 2 aliphatic rings. The number of piperidine rings is 1. The summed E-state index contributed by atoms with van der Waals surface area (Å²) < 4.78 is 5.46. The van der Waals surface area contributed by atoms with Gasteiger partial charge in [-0.3, -0.25) is 9.59 Å². The first kappa shape index (κ1) is 16.5. The summed E-state index contributed by atoms with van der Waals surface area (Å²) in [6.45, 7) is 4.30. The first-order valence-electron chi connectivity index (χ1n) is 8.34. The van der Waals surface area contributed by atoms with Gasteiger partial charge in [0.1, 0.15) is 6.61 Å². The second-order valence-corrected chi connectivity index (χ2v) is 7.79. The molecule has 6 heteroatoms. The van der Waals surface area contributed by atoms with Gasteiger partial charge in [-0.2, -0.15) is 0 Å². The van der Waals surface area contributed by atoms with E-state index in [4.69, 9.17) is 4.74 Å². The molecule has 2 heterocycles. The van der Waals surface area contributed by atoms with Crippen molar-refractivity contribution in [2.45, 2.75) is 38.6 Å². The van der Waals surface area contributed by atoms with Crippen LogP contribution in [-0.4, -0.2) is 49.1 Å². The topological polar surface area (TPSA) is 58.6 Å². The Balaban J connectivity index is 1.37. The van der Waals surface area contributed by atoms with E-state index in [9.17, 15) is 9.59 Å². The fraction of sp³-hybridized carbons (Fsp3) is 0.647. The average molecular weight is 336 g/mol. The van der Waals surface area contributed by atoms with Gasteiger partial charge in [0.05, 0.1) is 11.5 Å². The summed E-state index contributed by atoms with van der Waals surface area (Å²) in [7, 11) is 0. The molecule has 2 amide bonds. The van der Waals surface area contributed by atoms with Crippen molar-refractivity contribution in [2.24, 2.45) is 5.92 Å². The number of hydrogen-bond acceptors (Lipinski definition) is 4. The van der Waals surface area contributed by atoms with E-state index >= 15 is 0 Å². The third-order valence-electron chi connectivity index (χ3n) is 4.42. The Morgan fingerprint density at radius 1 is 1.26 bits per heavy atom. The summed E-state index contributed by atoms with van der Waals surface area (Å²) in [6, 6.07) is 3.98. The largest absolute Gasteiger partial charge is 0.371 e. The van der Waals surface area contributed by atoms with Crippen LogP contribution in [0.15, 0.2) is 12.1 Å². The first-order valence-corrected chi connectivity index (χ1v) is 9.16. The molecular formula is C17H24N2O3S. The minimum atomic E-state index is 0.000596. The smallest absolute Gasteiger partial charge is 0.261 e. The second kappa shape index (κ2) is 7.45. The highest BCUT2D eigenvalue weighted by Gasteiger charge is 2.26. The Labute approximate surface area is 141 Å². The number of rotatable bonds is 6. The van der Waals surface area contributed by atoms with Crippen molar-refractivity contribution in [1.29, 1.82) is 0 Å². The predicted molar refractivity (Wildman–Crippen MR) is 89.7 cm³/mol. The lowest BCUT2D eigenvalue weighted by Gasteiger charge is -2.32. The summed E-state index contributed by atoms with van der Waals surface area (Å²) in [5.74, 6) is 0.759. The van der Waals surface area contributed by atoms with Crippen LogP contribution in [0.25, 0.3) is 0 Å².